The Labute approximate surface area is 109 Å². The largest absolute Gasteiger partial charge is 0.493 e. The first-order valence-electron chi connectivity index (χ1n) is 6.14. The minimum absolute atomic E-state index is 0.0751. The molecular weight excluding hydrogens is 250 g/mol. The molecule has 0 heterocycles. The summed E-state index contributed by atoms with van der Waals surface area (Å²) >= 11 is 0. The maximum atomic E-state index is 11.4. The maximum Gasteiger partial charge on any atom is 0.151 e. The Morgan fingerprint density at radius 2 is 1.89 bits per heavy atom. The molecule has 0 aliphatic rings. The highest BCUT2D eigenvalue weighted by Gasteiger charge is 2.08. The van der Waals surface area contributed by atoms with E-state index in [4.69, 9.17) is 10.5 Å². The van der Waals surface area contributed by atoms with Crippen LogP contribution in [0.2, 0.25) is 0 Å². The number of rotatable bonds is 8. The number of nitrogens with two attached hydrogens (primary N) is 1. The molecule has 0 spiro atoms. The first-order chi connectivity index (χ1) is 8.55. The summed E-state index contributed by atoms with van der Waals surface area (Å²) < 4.78 is 28.4. The average molecular weight is 271 g/mol. The van der Waals surface area contributed by atoms with Crippen LogP contribution in [-0.4, -0.2) is 33.1 Å². The topological polar surface area (TPSA) is 69.4 Å². The Morgan fingerprint density at radius 3 is 2.56 bits per heavy atom. The number of aryl methyl sites for hydroxylation is 1. The molecule has 0 radical (unpaired) electrons. The summed E-state index contributed by atoms with van der Waals surface area (Å²) in [4.78, 5) is 0. The van der Waals surface area contributed by atoms with Gasteiger partial charge in [-0.25, -0.2) is 8.42 Å². The normalized spacial score (nSPS) is 11.4. The van der Waals surface area contributed by atoms with Gasteiger partial charge in [0, 0.05) is 6.54 Å². The Balaban J connectivity index is 2.22. The molecule has 0 aliphatic carbocycles. The first kappa shape index (κ1) is 15.0. The number of benzene rings is 1. The molecular formula is C13H21NO3S. The standard InChI is InChI=1S/C13H21NO3S/c1-12-6-2-3-7-13(12)17-9-4-5-10-18(15,16)11-8-14/h2-3,6-7H,4-5,8-11,14H2,1H3. The highest BCUT2D eigenvalue weighted by molar-refractivity contribution is 7.91. The van der Waals surface area contributed by atoms with Crippen molar-refractivity contribution in [2.75, 3.05) is 24.7 Å². The summed E-state index contributed by atoms with van der Waals surface area (Å²) in [5, 5.41) is 0. The lowest BCUT2D eigenvalue weighted by molar-refractivity contribution is 0.307. The third kappa shape index (κ3) is 5.51. The number of hydrogen-bond acceptors (Lipinski definition) is 4. The van der Waals surface area contributed by atoms with Crippen molar-refractivity contribution in [2.24, 2.45) is 5.73 Å². The molecule has 0 aromatic heterocycles. The van der Waals surface area contributed by atoms with Crippen LogP contribution in [0.1, 0.15) is 18.4 Å². The van der Waals surface area contributed by atoms with Crippen LogP contribution >= 0.6 is 0 Å². The molecule has 5 heteroatoms. The second-order valence-electron chi connectivity index (χ2n) is 4.26. The summed E-state index contributed by atoms with van der Waals surface area (Å²) in [6, 6.07) is 7.79. The smallest absolute Gasteiger partial charge is 0.151 e. The Hall–Kier alpha value is -1.07. The fraction of sp³-hybridized carbons (Fsp3) is 0.538. The lowest BCUT2D eigenvalue weighted by Gasteiger charge is -2.08. The van der Waals surface area contributed by atoms with Crippen molar-refractivity contribution in [3.8, 4) is 5.75 Å². The molecule has 18 heavy (non-hydrogen) atoms. The van der Waals surface area contributed by atoms with E-state index in [-0.39, 0.29) is 18.1 Å². The Bertz CT molecular complexity index is 457. The molecule has 2 N–H and O–H groups in total. The van der Waals surface area contributed by atoms with Crippen molar-refractivity contribution >= 4 is 9.84 Å². The van der Waals surface area contributed by atoms with E-state index in [0.29, 0.717) is 13.0 Å². The molecule has 0 fully saturated rings. The number of hydrogen-bond donors (Lipinski definition) is 1. The van der Waals surface area contributed by atoms with Crippen molar-refractivity contribution in [3.05, 3.63) is 29.8 Å². The van der Waals surface area contributed by atoms with Gasteiger partial charge < -0.3 is 10.5 Å². The van der Waals surface area contributed by atoms with Gasteiger partial charge in [-0.3, -0.25) is 0 Å². The molecule has 0 bridgehead atoms. The van der Waals surface area contributed by atoms with Crippen LogP contribution in [0.4, 0.5) is 0 Å². The van der Waals surface area contributed by atoms with E-state index in [0.717, 1.165) is 17.7 Å². The van der Waals surface area contributed by atoms with E-state index in [1.54, 1.807) is 0 Å². The molecule has 4 nitrogen and oxygen atoms in total. The van der Waals surface area contributed by atoms with Crippen LogP contribution in [-0.2, 0) is 9.84 Å². The summed E-state index contributed by atoms with van der Waals surface area (Å²) in [5.74, 6) is 1.13. The van der Waals surface area contributed by atoms with E-state index < -0.39 is 9.84 Å². The van der Waals surface area contributed by atoms with Gasteiger partial charge in [0.25, 0.3) is 0 Å². The Morgan fingerprint density at radius 1 is 1.17 bits per heavy atom. The molecule has 0 unspecified atom stereocenters. The van der Waals surface area contributed by atoms with Crippen molar-refractivity contribution in [3.63, 3.8) is 0 Å². The summed E-state index contributed by atoms with van der Waals surface area (Å²) in [6.45, 7) is 2.73. The lowest BCUT2D eigenvalue weighted by Crippen LogP contribution is -2.18. The van der Waals surface area contributed by atoms with Crippen molar-refractivity contribution in [2.45, 2.75) is 19.8 Å². The van der Waals surface area contributed by atoms with Gasteiger partial charge in [-0.05, 0) is 31.4 Å². The third-order valence-corrected chi connectivity index (χ3v) is 4.40. The number of para-hydroxylation sites is 1. The maximum absolute atomic E-state index is 11.4. The van der Waals surface area contributed by atoms with E-state index >= 15 is 0 Å². The fourth-order valence-corrected chi connectivity index (χ4v) is 2.81. The second kappa shape index (κ2) is 7.38. The molecule has 1 aromatic rings. The van der Waals surface area contributed by atoms with Gasteiger partial charge in [-0.2, -0.15) is 0 Å². The van der Waals surface area contributed by atoms with Crippen molar-refractivity contribution in [1.82, 2.24) is 0 Å². The number of unbranched alkanes of at least 4 members (excludes halogenated alkanes) is 1. The molecule has 0 saturated heterocycles. The molecule has 1 rings (SSSR count). The van der Waals surface area contributed by atoms with Crippen LogP contribution in [0.3, 0.4) is 0 Å². The van der Waals surface area contributed by atoms with Crippen molar-refractivity contribution in [1.29, 1.82) is 0 Å². The van der Waals surface area contributed by atoms with Gasteiger partial charge in [0.1, 0.15) is 5.75 Å². The monoisotopic (exact) mass is 271 g/mol. The highest BCUT2D eigenvalue weighted by atomic mass is 32.2. The van der Waals surface area contributed by atoms with Gasteiger partial charge in [0.2, 0.25) is 0 Å². The number of sulfone groups is 1. The third-order valence-electron chi connectivity index (χ3n) is 2.63. The van der Waals surface area contributed by atoms with Crippen LogP contribution in [0, 0.1) is 6.92 Å². The van der Waals surface area contributed by atoms with Gasteiger partial charge in [-0.1, -0.05) is 18.2 Å². The molecule has 1 aromatic carbocycles. The van der Waals surface area contributed by atoms with Crippen LogP contribution < -0.4 is 10.5 Å². The van der Waals surface area contributed by atoms with E-state index in [1.807, 2.05) is 31.2 Å². The highest BCUT2D eigenvalue weighted by Crippen LogP contribution is 2.16. The predicted octanol–water partition coefficient (Wildman–Crippen LogP) is 1.53. The quantitative estimate of drug-likeness (QED) is 0.728. The Kier molecular flexibility index (Phi) is 6.15. The zero-order valence-electron chi connectivity index (χ0n) is 10.8. The first-order valence-corrected chi connectivity index (χ1v) is 7.96. The second-order valence-corrected chi connectivity index (χ2v) is 6.57. The molecule has 0 aliphatic heterocycles. The fourth-order valence-electron chi connectivity index (χ4n) is 1.61. The van der Waals surface area contributed by atoms with Gasteiger partial charge in [0.15, 0.2) is 9.84 Å². The van der Waals surface area contributed by atoms with Gasteiger partial charge in [0.05, 0.1) is 18.1 Å². The zero-order valence-corrected chi connectivity index (χ0v) is 11.6. The molecule has 0 amide bonds. The molecule has 102 valence electrons. The van der Waals surface area contributed by atoms with Crippen LogP contribution in [0.25, 0.3) is 0 Å². The van der Waals surface area contributed by atoms with E-state index in [9.17, 15) is 8.42 Å². The van der Waals surface area contributed by atoms with Crippen LogP contribution in [0.5, 0.6) is 5.75 Å². The summed E-state index contributed by atoms with van der Waals surface area (Å²) in [6.07, 6.45) is 1.35. The number of ether oxygens (including phenoxy) is 1. The van der Waals surface area contributed by atoms with E-state index in [2.05, 4.69) is 0 Å². The summed E-state index contributed by atoms with van der Waals surface area (Å²) in [5.41, 5.74) is 6.32. The average Bonchev–Trinajstić information content (AvgIpc) is 2.31. The minimum atomic E-state index is -2.97. The van der Waals surface area contributed by atoms with E-state index in [1.165, 1.54) is 0 Å². The predicted molar refractivity (Wildman–Crippen MR) is 73.6 cm³/mol. The van der Waals surface area contributed by atoms with Crippen LogP contribution in [0.15, 0.2) is 24.3 Å². The lowest BCUT2D eigenvalue weighted by atomic mass is 10.2. The zero-order chi connectivity index (χ0) is 13.4. The van der Waals surface area contributed by atoms with Gasteiger partial charge >= 0.3 is 0 Å². The van der Waals surface area contributed by atoms with Crippen molar-refractivity contribution < 1.29 is 13.2 Å². The SMILES string of the molecule is Cc1ccccc1OCCCCS(=O)(=O)CCN. The van der Waals surface area contributed by atoms with Gasteiger partial charge in [-0.15, -0.1) is 0 Å². The molecule has 0 atom stereocenters. The molecule has 0 saturated carbocycles. The minimum Gasteiger partial charge on any atom is -0.493 e. The summed E-state index contributed by atoms with van der Waals surface area (Å²) in [7, 11) is -2.97.